The van der Waals surface area contributed by atoms with Crippen LogP contribution in [0.4, 0.5) is 4.39 Å². The molecule has 18 heavy (non-hydrogen) atoms. The van der Waals surface area contributed by atoms with E-state index < -0.39 is 5.97 Å². The van der Waals surface area contributed by atoms with Crippen molar-refractivity contribution in [3.05, 3.63) is 40.7 Å². The summed E-state index contributed by atoms with van der Waals surface area (Å²) in [6.07, 6.45) is 1.29. The molecule has 0 amide bonds. The molecule has 0 N–H and O–H groups in total. The summed E-state index contributed by atoms with van der Waals surface area (Å²) in [5.41, 5.74) is 2.19. The highest BCUT2D eigenvalue weighted by Crippen LogP contribution is 2.35. The van der Waals surface area contributed by atoms with Crippen molar-refractivity contribution in [3.63, 3.8) is 0 Å². The normalized spacial score (nSPS) is 15.8. The minimum absolute atomic E-state index is 0.0128. The summed E-state index contributed by atoms with van der Waals surface area (Å²) < 4.78 is 18.1. The van der Waals surface area contributed by atoms with E-state index in [1.807, 2.05) is 6.07 Å². The van der Waals surface area contributed by atoms with Crippen LogP contribution in [0.5, 0.6) is 0 Å². The van der Waals surface area contributed by atoms with Gasteiger partial charge in [0.2, 0.25) is 0 Å². The predicted molar refractivity (Wildman–Crippen MR) is 63.9 cm³/mol. The van der Waals surface area contributed by atoms with Crippen molar-refractivity contribution in [2.45, 2.75) is 19.8 Å². The molecule has 3 nitrogen and oxygen atoms in total. The zero-order chi connectivity index (χ0) is 13.1. The molecule has 0 fully saturated rings. The first-order chi connectivity index (χ1) is 8.67. The van der Waals surface area contributed by atoms with Crippen LogP contribution in [0.15, 0.2) is 23.8 Å². The molecule has 1 aromatic rings. The minimum atomic E-state index is -0.632. The van der Waals surface area contributed by atoms with Gasteiger partial charge >= 0.3 is 5.97 Å². The first-order valence-corrected chi connectivity index (χ1v) is 5.76. The summed E-state index contributed by atoms with van der Waals surface area (Å²) in [6, 6.07) is 6.32. The molecule has 0 aliphatic heterocycles. The Morgan fingerprint density at radius 1 is 1.50 bits per heavy atom. The predicted octanol–water partition coefficient (Wildman–Crippen LogP) is 2.61. The van der Waals surface area contributed by atoms with Crippen LogP contribution < -0.4 is 0 Å². The average Bonchev–Trinajstić information content (AvgIpc) is 2.74. The zero-order valence-electron chi connectivity index (χ0n) is 10.00. The van der Waals surface area contributed by atoms with Crippen LogP contribution >= 0.6 is 0 Å². The molecule has 0 aromatic heterocycles. The Labute approximate surface area is 104 Å². The van der Waals surface area contributed by atoms with Crippen LogP contribution in [0.25, 0.3) is 5.57 Å². The van der Waals surface area contributed by atoms with E-state index in [0.717, 1.165) is 12.0 Å². The van der Waals surface area contributed by atoms with E-state index in [9.17, 15) is 9.18 Å². The van der Waals surface area contributed by atoms with Crippen LogP contribution in [0.1, 0.15) is 24.5 Å². The fraction of sp³-hybridized carbons (Fsp3) is 0.286. The van der Waals surface area contributed by atoms with Gasteiger partial charge in [0.25, 0.3) is 0 Å². The molecular weight excluding hydrogens is 233 g/mol. The van der Waals surface area contributed by atoms with Gasteiger partial charge in [-0.15, -0.1) is 0 Å². The number of rotatable bonds is 2. The molecule has 0 saturated heterocycles. The van der Waals surface area contributed by atoms with Crippen molar-refractivity contribution < 1.29 is 13.9 Å². The number of halogens is 1. The van der Waals surface area contributed by atoms with E-state index in [1.54, 1.807) is 13.0 Å². The second kappa shape index (κ2) is 5.01. The molecule has 0 saturated carbocycles. The monoisotopic (exact) mass is 245 g/mol. The fourth-order valence-electron chi connectivity index (χ4n) is 2.14. The van der Waals surface area contributed by atoms with Gasteiger partial charge in [-0.1, -0.05) is 6.07 Å². The summed E-state index contributed by atoms with van der Waals surface area (Å²) in [7, 11) is 0. The highest BCUT2D eigenvalue weighted by molar-refractivity contribution is 6.02. The number of aryl methyl sites for hydroxylation is 1. The lowest BCUT2D eigenvalue weighted by atomic mass is 10.0. The number of hydrogen-bond acceptors (Lipinski definition) is 3. The topological polar surface area (TPSA) is 50.1 Å². The van der Waals surface area contributed by atoms with Gasteiger partial charge < -0.3 is 4.74 Å². The summed E-state index contributed by atoms with van der Waals surface area (Å²) in [5.74, 6) is -0.999. The molecule has 2 rings (SSSR count). The number of allylic oxidation sites excluding steroid dienone is 1. The Hall–Kier alpha value is -2.15. The first-order valence-electron chi connectivity index (χ1n) is 5.76. The third kappa shape index (κ3) is 2.12. The van der Waals surface area contributed by atoms with E-state index in [1.165, 1.54) is 12.1 Å². The Kier molecular flexibility index (Phi) is 3.42. The van der Waals surface area contributed by atoms with Crippen LogP contribution in [0, 0.1) is 17.1 Å². The van der Waals surface area contributed by atoms with Crippen molar-refractivity contribution in [2.75, 3.05) is 6.61 Å². The van der Waals surface area contributed by atoms with Gasteiger partial charge in [-0.05, 0) is 48.6 Å². The van der Waals surface area contributed by atoms with Crippen molar-refractivity contribution in [1.82, 2.24) is 0 Å². The van der Waals surface area contributed by atoms with Crippen molar-refractivity contribution in [2.24, 2.45) is 0 Å². The number of esters is 1. The van der Waals surface area contributed by atoms with Crippen molar-refractivity contribution >= 4 is 11.5 Å². The molecule has 0 spiro atoms. The molecule has 0 radical (unpaired) electrons. The number of nitrogens with zero attached hydrogens (tertiary/aromatic N) is 1. The second-order valence-corrected chi connectivity index (χ2v) is 3.99. The van der Waals surface area contributed by atoms with Gasteiger partial charge in [-0.3, -0.25) is 0 Å². The second-order valence-electron chi connectivity index (χ2n) is 3.99. The van der Waals surface area contributed by atoms with Gasteiger partial charge in [0.1, 0.15) is 17.5 Å². The molecular formula is C14H12FNO2. The van der Waals surface area contributed by atoms with Gasteiger partial charge in [-0.25, -0.2) is 9.18 Å². The SMILES string of the molecule is CCOC(=O)/C(C#N)=C1\CCc2ccc(F)cc21. The lowest BCUT2D eigenvalue weighted by molar-refractivity contribution is -0.137. The molecule has 0 heterocycles. The number of carbonyl (C=O) groups is 1. The summed E-state index contributed by atoms with van der Waals surface area (Å²) in [5, 5.41) is 9.08. The molecule has 4 heteroatoms. The Morgan fingerprint density at radius 3 is 2.94 bits per heavy atom. The van der Waals surface area contributed by atoms with E-state index in [0.29, 0.717) is 17.6 Å². The lowest BCUT2D eigenvalue weighted by Crippen LogP contribution is -2.08. The lowest BCUT2D eigenvalue weighted by Gasteiger charge is -2.05. The van der Waals surface area contributed by atoms with Crippen molar-refractivity contribution in [1.29, 1.82) is 5.26 Å². The van der Waals surface area contributed by atoms with Gasteiger partial charge in [0.05, 0.1) is 6.61 Å². The standard InChI is InChI=1S/C14H12FNO2/c1-2-18-14(17)13(8-16)11-6-4-9-3-5-10(15)7-12(9)11/h3,5,7H,2,4,6H2,1H3/b13-11+. The number of nitriles is 1. The fourth-order valence-corrected chi connectivity index (χ4v) is 2.14. The van der Waals surface area contributed by atoms with Crippen LogP contribution in [0.2, 0.25) is 0 Å². The summed E-state index contributed by atoms with van der Waals surface area (Å²) >= 11 is 0. The third-order valence-corrected chi connectivity index (χ3v) is 2.93. The zero-order valence-corrected chi connectivity index (χ0v) is 10.00. The largest absolute Gasteiger partial charge is 0.462 e. The summed E-state index contributed by atoms with van der Waals surface area (Å²) in [6.45, 7) is 1.90. The quantitative estimate of drug-likeness (QED) is 0.457. The maximum Gasteiger partial charge on any atom is 0.349 e. The number of hydrogen-bond donors (Lipinski definition) is 0. The number of fused-ring (bicyclic) bond motifs is 1. The number of carbonyl (C=O) groups excluding carboxylic acids is 1. The molecule has 0 bridgehead atoms. The van der Waals surface area contributed by atoms with E-state index in [-0.39, 0.29) is 18.0 Å². The van der Waals surface area contributed by atoms with Gasteiger partial charge in [-0.2, -0.15) is 5.26 Å². The first kappa shape index (κ1) is 12.3. The third-order valence-electron chi connectivity index (χ3n) is 2.93. The van der Waals surface area contributed by atoms with E-state index in [2.05, 4.69) is 0 Å². The maximum atomic E-state index is 13.2. The smallest absolute Gasteiger partial charge is 0.349 e. The van der Waals surface area contributed by atoms with Crippen LogP contribution in [0.3, 0.4) is 0 Å². The molecule has 0 atom stereocenters. The minimum Gasteiger partial charge on any atom is -0.462 e. The number of benzene rings is 1. The number of ether oxygens (including phenoxy) is 1. The van der Waals surface area contributed by atoms with Gasteiger partial charge in [0, 0.05) is 0 Å². The highest BCUT2D eigenvalue weighted by atomic mass is 19.1. The van der Waals surface area contributed by atoms with Crippen LogP contribution in [-0.4, -0.2) is 12.6 Å². The van der Waals surface area contributed by atoms with E-state index >= 15 is 0 Å². The van der Waals surface area contributed by atoms with Crippen LogP contribution in [-0.2, 0) is 16.0 Å². The summed E-state index contributed by atoms with van der Waals surface area (Å²) in [4.78, 5) is 11.7. The Morgan fingerprint density at radius 2 is 2.28 bits per heavy atom. The molecule has 92 valence electrons. The van der Waals surface area contributed by atoms with Gasteiger partial charge in [0.15, 0.2) is 0 Å². The average molecular weight is 245 g/mol. The molecule has 0 unspecified atom stereocenters. The Bertz CT molecular complexity index is 570. The highest BCUT2D eigenvalue weighted by Gasteiger charge is 2.24. The molecule has 1 aromatic carbocycles. The van der Waals surface area contributed by atoms with Crippen molar-refractivity contribution in [3.8, 4) is 6.07 Å². The molecule has 1 aliphatic rings. The maximum absolute atomic E-state index is 13.2. The van der Waals surface area contributed by atoms with E-state index in [4.69, 9.17) is 10.00 Å². The molecule has 1 aliphatic carbocycles. The Balaban J connectivity index is 2.50.